The highest BCUT2D eigenvalue weighted by atomic mass is 32.1. The van der Waals surface area contributed by atoms with Crippen LogP contribution in [-0.2, 0) is 0 Å². The Hall–Kier alpha value is -1.06. The maximum Gasteiger partial charge on any atom is 0.0415 e. The second kappa shape index (κ2) is 5.98. The van der Waals surface area contributed by atoms with Crippen molar-refractivity contribution in [3.8, 4) is 0 Å². The van der Waals surface area contributed by atoms with Crippen molar-refractivity contribution in [2.24, 2.45) is 5.41 Å². The summed E-state index contributed by atoms with van der Waals surface area (Å²) in [4.78, 5) is 2.61. The van der Waals surface area contributed by atoms with Crippen LogP contribution in [0.4, 0.5) is 5.69 Å². The SMILES string of the molecule is CC(C)(C)CCC1CNCCN1c1ccc2sccc2c1. The largest absolute Gasteiger partial charge is 0.366 e. The van der Waals surface area contributed by atoms with Gasteiger partial charge in [0, 0.05) is 36.1 Å². The van der Waals surface area contributed by atoms with Crippen LogP contribution in [0.2, 0.25) is 0 Å². The molecule has 21 heavy (non-hydrogen) atoms. The van der Waals surface area contributed by atoms with E-state index in [9.17, 15) is 0 Å². The van der Waals surface area contributed by atoms with Crippen molar-refractivity contribution in [1.29, 1.82) is 0 Å². The normalized spacial score (nSPS) is 20.1. The third-order valence-electron chi connectivity index (χ3n) is 4.35. The predicted molar refractivity (Wildman–Crippen MR) is 94.5 cm³/mol. The third-order valence-corrected chi connectivity index (χ3v) is 5.24. The Morgan fingerprint density at radius 1 is 1.29 bits per heavy atom. The predicted octanol–water partition coefficient (Wildman–Crippen LogP) is 4.51. The molecule has 0 aliphatic carbocycles. The Balaban J connectivity index is 1.79. The second-order valence-electron chi connectivity index (χ2n) is 7.29. The molecule has 0 bridgehead atoms. The maximum atomic E-state index is 3.56. The molecule has 2 nitrogen and oxygen atoms in total. The standard InChI is InChI=1S/C18H26N2S/c1-18(2,3)8-6-16-13-19-9-10-20(16)15-4-5-17-14(12-15)7-11-21-17/h4-5,7,11-12,16,19H,6,8-10,13H2,1-3H3. The van der Waals surface area contributed by atoms with Crippen molar-refractivity contribution in [2.75, 3.05) is 24.5 Å². The number of piperazine rings is 1. The smallest absolute Gasteiger partial charge is 0.0415 e. The summed E-state index contributed by atoms with van der Waals surface area (Å²) >= 11 is 1.83. The van der Waals surface area contributed by atoms with Gasteiger partial charge in [0.05, 0.1) is 0 Å². The Bertz CT molecular complexity index is 597. The molecule has 1 aromatic carbocycles. The number of thiophene rings is 1. The van der Waals surface area contributed by atoms with Crippen molar-refractivity contribution in [1.82, 2.24) is 5.32 Å². The summed E-state index contributed by atoms with van der Waals surface area (Å²) < 4.78 is 1.39. The molecule has 1 fully saturated rings. The van der Waals surface area contributed by atoms with E-state index in [1.54, 1.807) is 0 Å². The van der Waals surface area contributed by atoms with Gasteiger partial charge in [-0.3, -0.25) is 0 Å². The van der Waals surface area contributed by atoms with Crippen LogP contribution in [0, 0.1) is 5.41 Å². The van der Waals surface area contributed by atoms with Crippen LogP contribution >= 0.6 is 11.3 Å². The van der Waals surface area contributed by atoms with E-state index >= 15 is 0 Å². The Labute approximate surface area is 132 Å². The monoisotopic (exact) mass is 302 g/mol. The van der Waals surface area contributed by atoms with Gasteiger partial charge in [-0.15, -0.1) is 11.3 Å². The summed E-state index contributed by atoms with van der Waals surface area (Å²) in [5.74, 6) is 0. The number of anilines is 1. The van der Waals surface area contributed by atoms with Crippen molar-refractivity contribution >= 4 is 27.1 Å². The van der Waals surface area contributed by atoms with E-state index < -0.39 is 0 Å². The third kappa shape index (κ3) is 3.58. The van der Waals surface area contributed by atoms with Gasteiger partial charge in [-0.25, -0.2) is 0 Å². The molecule has 1 N–H and O–H groups in total. The van der Waals surface area contributed by atoms with E-state index in [4.69, 9.17) is 0 Å². The molecule has 3 rings (SSSR count). The molecule has 1 unspecified atom stereocenters. The summed E-state index contributed by atoms with van der Waals surface area (Å²) in [6.45, 7) is 10.3. The molecule has 2 heterocycles. The molecule has 1 aliphatic heterocycles. The highest BCUT2D eigenvalue weighted by molar-refractivity contribution is 7.17. The highest BCUT2D eigenvalue weighted by Gasteiger charge is 2.24. The molecule has 0 radical (unpaired) electrons. The van der Waals surface area contributed by atoms with Crippen LogP contribution in [0.15, 0.2) is 29.6 Å². The van der Waals surface area contributed by atoms with Gasteiger partial charge in [-0.1, -0.05) is 20.8 Å². The minimum Gasteiger partial charge on any atom is -0.366 e. The van der Waals surface area contributed by atoms with Crippen molar-refractivity contribution in [3.63, 3.8) is 0 Å². The lowest BCUT2D eigenvalue weighted by Gasteiger charge is -2.39. The zero-order valence-electron chi connectivity index (χ0n) is 13.4. The number of rotatable bonds is 3. The molecule has 3 heteroatoms. The first-order valence-corrected chi connectivity index (χ1v) is 8.85. The fourth-order valence-electron chi connectivity index (χ4n) is 3.09. The van der Waals surface area contributed by atoms with Crippen molar-refractivity contribution in [3.05, 3.63) is 29.6 Å². The number of hydrogen-bond donors (Lipinski definition) is 1. The molecule has 1 aliphatic rings. The first-order valence-electron chi connectivity index (χ1n) is 7.98. The quantitative estimate of drug-likeness (QED) is 0.897. The molecule has 0 amide bonds. The molecule has 0 saturated carbocycles. The van der Waals surface area contributed by atoms with E-state index in [0.29, 0.717) is 11.5 Å². The molecule has 0 spiro atoms. The van der Waals surface area contributed by atoms with E-state index in [1.807, 2.05) is 11.3 Å². The lowest BCUT2D eigenvalue weighted by molar-refractivity contribution is 0.329. The van der Waals surface area contributed by atoms with Gasteiger partial charge in [0.2, 0.25) is 0 Å². The van der Waals surface area contributed by atoms with Gasteiger partial charge in [0.25, 0.3) is 0 Å². The lowest BCUT2D eigenvalue weighted by Crippen LogP contribution is -2.51. The lowest BCUT2D eigenvalue weighted by atomic mass is 9.88. The van der Waals surface area contributed by atoms with E-state index in [0.717, 1.165) is 19.6 Å². The van der Waals surface area contributed by atoms with Crippen LogP contribution in [0.5, 0.6) is 0 Å². The fraction of sp³-hybridized carbons (Fsp3) is 0.556. The number of nitrogens with zero attached hydrogens (tertiary/aromatic N) is 1. The van der Waals surface area contributed by atoms with Gasteiger partial charge < -0.3 is 10.2 Å². The Kier molecular flexibility index (Phi) is 4.23. The van der Waals surface area contributed by atoms with Gasteiger partial charge >= 0.3 is 0 Å². The molecule has 1 saturated heterocycles. The minimum absolute atomic E-state index is 0.417. The van der Waals surface area contributed by atoms with Crippen LogP contribution in [0.1, 0.15) is 33.6 Å². The summed E-state index contributed by atoms with van der Waals surface area (Å²) in [7, 11) is 0. The van der Waals surface area contributed by atoms with Crippen LogP contribution in [0.3, 0.4) is 0 Å². The summed E-state index contributed by atoms with van der Waals surface area (Å²) in [5, 5.41) is 7.13. The molecule has 1 aromatic heterocycles. The number of benzene rings is 1. The Morgan fingerprint density at radius 3 is 2.95 bits per heavy atom. The van der Waals surface area contributed by atoms with E-state index in [-0.39, 0.29) is 0 Å². The first kappa shape index (κ1) is 14.9. The average molecular weight is 302 g/mol. The summed E-state index contributed by atoms with van der Waals surface area (Å²) in [6, 6.07) is 9.79. The fourth-order valence-corrected chi connectivity index (χ4v) is 3.86. The molecular weight excluding hydrogens is 276 g/mol. The average Bonchev–Trinajstić information content (AvgIpc) is 2.92. The highest BCUT2D eigenvalue weighted by Crippen LogP contribution is 2.30. The Morgan fingerprint density at radius 2 is 2.14 bits per heavy atom. The second-order valence-corrected chi connectivity index (χ2v) is 8.24. The number of hydrogen-bond acceptors (Lipinski definition) is 3. The molecule has 2 aromatic rings. The maximum absolute atomic E-state index is 3.56. The number of fused-ring (bicyclic) bond motifs is 1. The van der Waals surface area contributed by atoms with Gasteiger partial charge in [0.15, 0.2) is 0 Å². The number of nitrogens with one attached hydrogen (secondary N) is 1. The topological polar surface area (TPSA) is 15.3 Å². The van der Waals surface area contributed by atoms with Crippen LogP contribution in [-0.4, -0.2) is 25.7 Å². The van der Waals surface area contributed by atoms with Gasteiger partial charge in [-0.2, -0.15) is 0 Å². The van der Waals surface area contributed by atoms with E-state index in [2.05, 4.69) is 60.6 Å². The van der Waals surface area contributed by atoms with Crippen molar-refractivity contribution in [2.45, 2.75) is 39.7 Å². The summed E-state index contributed by atoms with van der Waals surface area (Å²) in [5.41, 5.74) is 1.81. The van der Waals surface area contributed by atoms with Crippen molar-refractivity contribution < 1.29 is 0 Å². The van der Waals surface area contributed by atoms with Crippen LogP contribution < -0.4 is 10.2 Å². The minimum atomic E-state index is 0.417. The zero-order valence-corrected chi connectivity index (χ0v) is 14.2. The first-order chi connectivity index (χ1) is 10.0. The molecule has 1 atom stereocenters. The van der Waals surface area contributed by atoms with Gasteiger partial charge in [-0.05, 0) is 53.3 Å². The molecule has 114 valence electrons. The van der Waals surface area contributed by atoms with E-state index in [1.165, 1.54) is 28.6 Å². The summed E-state index contributed by atoms with van der Waals surface area (Å²) in [6.07, 6.45) is 2.54. The zero-order chi connectivity index (χ0) is 14.9. The van der Waals surface area contributed by atoms with Crippen LogP contribution in [0.25, 0.3) is 10.1 Å². The van der Waals surface area contributed by atoms with Gasteiger partial charge in [0.1, 0.15) is 0 Å². The molecular formula is C18H26N2S.